The van der Waals surface area contributed by atoms with Crippen LogP contribution in [0.4, 0.5) is 0 Å². The van der Waals surface area contributed by atoms with Gasteiger partial charge in [0.2, 0.25) is 0 Å². The summed E-state index contributed by atoms with van der Waals surface area (Å²) in [5, 5.41) is 4.16. The predicted molar refractivity (Wildman–Crippen MR) is 39.4 cm³/mol. The van der Waals surface area contributed by atoms with Crippen LogP contribution in [0.1, 0.15) is 18.7 Å². The summed E-state index contributed by atoms with van der Waals surface area (Å²) in [4.78, 5) is 0. The summed E-state index contributed by atoms with van der Waals surface area (Å²) >= 11 is 0. The first-order chi connectivity index (χ1) is 4.75. The molecule has 0 aliphatic carbocycles. The molecule has 0 aliphatic heterocycles. The molecule has 3 heteroatoms. The molecule has 0 spiro atoms. The molecule has 0 aliphatic rings. The third-order valence-electron chi connectivity index (χ3n) is 1.70. The van der Waals surface area contributed by atoms with E-state index in [1.165, 1.54) is 5.69 Å². The van der Waals surface area contributed by atoms with E-state index < -0.39 is 0 Å². The fourth-order valence-corrected chi connectivity index (χ4v) is 0.964. The van der Waals surface area contributed by atoms with E-state index in [4.69, 9.17) is 0 Å². The number of aromatic nitrogens is 2. The van der Waals surface area contributed by atoms with Gasteiger partial charge in [-0.1, -0.05) is 0 Å². The molecule has 1 aromatic heterocycles. The highest BCUT2D eigenvalue weighted by atomic mass is 15.3. The predicted octanol–water partition coefficient (Wildman–Crippen LogP) is -0.00558. The number of aryl methyl sites for hydroxylation is 1. The molecule has 0 bridgehead atoms. The van der Waals surface area contributed by atoms with Crippen molar-refractivity contribution in [3.8, 4) is 0 Å². The van der Waals surface area contributed by atoms with E-state index in [9.17, 15) is 0 Å². The standard InChI is InChI=1S/C7H13N3/c1-6-3-4-9-10(6)7(2)5-8/h3-4,7H,5,8H2,1-2H3/p+1/t7-/m0/s1. The Morgan fingerprint density at radius 2 is 2.50 bits per heavy atom. The first-order valence-corrected chi connectivity index (χ1v) is 3.55. The third kappa shape index (κ3) is 1.19. The molecular formula is C7H14N3+. The van der Waals surface area contributed by atoms with Gasteiger partial charge in [0, 0.05) is 11.9 Å². The van der Waals surface area contributed by atoms with Crippen LogP contribution in [-0.2, 0) is 0 Å². The zero-order chi connectivity index (χ0) is 7.56. The maximum atomic E-state index is 4.16. The van der Waals surface area contributed by atoms with Gasteiger partial charge in [-0.25, -0.2) is 0 Å². The molecule has 1 heterocycles. The van der Waals surface area contributed by atoms with E-state index in [0.717, 1.165) is 6.54 Å². The lowest BCUT2D eigenvalue weighted by Crippen LogP contribution is -2.53. The van der Waals surface area contributed by atoms with Crippen LogP contribution in [0.3, 0.4) is 0 Å². The normalized spacial score (nSPS) is 13.5. The van der Waals surface area contributed by atoms with Crippen LogP contribution < -0.4 is 5.73 Å². The molecule has 1 rings (SSSR count). The topological polar surface area (TPSA) is 45.5 Å². The quantitative estimate of drug-likeness (QED) is 0.617. The van der Waals surface area contributed by atoms with Gasteiger partial charge in [0.25, 0.3) is 0 Å². The van der Waals surface area contributed by atoms with Gasteiger partial charge in [-0.2, -0.15) is 5.10 Å². The summed E-state index contributed by atoms with van der Waals surface area (Å²) in [6, 6.07) is 2.43. The molecule has 3 N–H and O–H groups in total. The summed E-state index contributed by atoms with van der Waals surface area (Å²) < 4.78 is 1.99. The van der Waals surface area contributed by atoms with Gasteiger partial charge >= 0.3 is 0 Å². The molecule has 0 saturated carbocycles. The SMILES string of the molecule is Cc1ccnn1[C@@H](C)C[NH3+]. The van der Waals surface area contributed by atoms with Gasteiger partial charge in [0.15, 0.2) is 0 Å². The minimum atomic E-state index is 0.426. The highest BCUT2D eigenvalue weighted by Crippen LogP contribution is 2.04. The molecule has 0 amide bonds. The van der Waals surface area contributed by atoms with Gasteiger partial charge in [-0.05, 0) is 19.9 Å². The van der Waals surface area contributed by atoms with Gasteiger partial charge in [0.1, 0.15) is 0 Å². The molecule has 0 unspecified atom stereocenters. The monoisotopic (exact) mass is 140 g/mol. The molecule has 0 radical (unpaired) electrons. The second-order valence-electron chi connectivity index (χ2n) is 2.55. The van der Waals surface area contributed by atoms with E-state index in [-0.39, 0.29) is 0 Å². The molecular weight excluding hydrogens is 126 g/mol. The number of nitrogens with zero attached hydrogens (tertiary/aromatic N) is 2. The summed E-state index contributed by atoms with van der Waals surface area (Å²) in [7, 11) is 0. The summed E-state index contributed by atoms with van der Waals surface area (Å²) in [6.45, 7) is 5.06. The Kier molecular flexibility index (Phi) is 2.06. The van der Waals surface area contributed by atoms with Crippen molar-refractivity contribution in [2.24, 2.45) is 0 Å². The van der Waals surface area contributed by atoms with Crippen LogP contribution in [-0.4, -0.2) is 16.3 Å². The van der Waals surface area contributed by atoms with Crippen LogP contribution in [0, 0.1) is 6.92 Å². The van der Waals surface area contributed by atoms with Crippen molar-refractivity contribution in [1.82, 2.24) is 9.78 Å². The fraction of sp³-hybridized carbons (Fsp3) is 0.571. The summed E-state index contributed by atoms with van der Waals surface area (Å²) in [5.74, 6) is 0. The van der Waals surface area contributed by atoms with E-state index in [0.29, 0.717) is 6.04 Å². The molecule has 1 aromatic rings. The second kappa shape index (κ2) is 2.84. The molecule has 56 valence electrons. The van der Waals surface area contributed by atoms with Crippen molar-refractivity contribution in [1.29, 1.82) is 0 Å². The van der Waals surface area contributed by atoms with Crippen molar-refractivity contribution in [3.63, 3.8) is 0 Å². The molecule has 10 heavy (non-hydrogen) atoms. The number of rotatable bonds is 2. The zero-order valence-electron chi connectivity index (χ0n) is 6.54. The number of hydrogen-bond acceptors (Lipinski definition) is 1. The first-order valence-electron chi connectivity index (χ1n) is 3.55. The van der Waals surface area contributed by atoms with Crippen molar-refractivity contribution < 1.29 is 5.73 Å². The highest BCUT2D eigenvalue weighted by molar-refractivity contribution is 4.97. The Morgan fingerprint density at radius 3 is 2.90 bits per heavy atom. The summed E-state index contributed by atoms with van der Waals surface area (Å²) in [6.07, 6.45) is 1.82. The molecule has 0 fully saturated rings. The third-order valence-corrected chi connectivity index (χ3v) is 1.70. The first kappa shape index (κ1) is 7.28. The minimum Gasteiger partial charge on any atom is -0.356 e. The van der Waals surface area contributed by atoms with E-state index in [1.807, 2.05) is 16.9 Å². The van der Waals surface area contributed by atoms with Gasteiger partial charge in [-0.15, -0.1) is 0 Å². The van der Waals surface area contributed by atoms with Crippen LogP contribution in [0.5, 0.6) is 0 Å². The van der Waals surface area contributed by atoms with Gasteiger partial charge in [-0.3, -0.25) is 4.68 Å². The van der Waals surface area contributed by atoms with Crippen molar-refractivity contribution in [2.45, 2.75) is 19.9 Å². The maximum Gasteiger partial charge on any atom is 0.0981 e. The highest BCUT2D eigenvalue weighted by Gasteiger charge is 2.05. The van der Waals surface area contributed by atoms with Crippen LogP contribution in [0.2, 0.25) is 0 Å². The smallest absolute Gasteiger partial charge is 0.0981 e. The van der Waals surface area contributed by atoms with E-state index in [1.54, 1.807) is 0 Å². The minimum absolute atomic E-state index is 0.426. The Morgan fingerprint density at radius 1 is 1.80 bits per heavy atom. The lowest BCUT2D eigenvalue weighted by atomic mass is 10.3. The van der Waals surface area contributed by atoms with Crippen molar-refractivity contribution in [3.05, 3.63) is 18.0 Å². The summed E-state index contributed by atoms with van der Waals surface area (Å²) in [5.41, 5.74) is 5.03. The Balaban J connectivity index is 2.82. The van der Waals surface area contributed by atoms with Crippen molar-refractivity contribution in [2.75, 3.05) is 6.54 Å². The Hall–Kier alpha value is -0.830. The lowest BCUT2D eigenvalue weighted by Gasteiger charge is -2.08. The largest absolute Gasteiger partial charge is 0.356 e. The zero-order valence-corrected chi connectivity index (χ0v) is 6.54. The Bertz CT molecular complexity index is 204. The molecule has 3 nitrogen and oxygen atoms in total. The second-order valence-corrected chi connectivity index (χ2v) is 2.55. The van der Waals surface area contributed by atoms with Crippen LogP contribution >= 0.6 is 0 Å². The molecule has 1 atom stereocenters. The average molecular weight is 140 g/mol. The maximum absolute atomic E-state index is 4.16. The lowest BCUT2D eigenvalue weighted by molar-refractivity contribution is -0.376. The van der Waals surface area contributed by atoms with E-state index in [2.05, 4.69) is 24.7 Å². The molecule has 0 saturated heterocycles. The van der Waals surface area contributed by atoms with Gasteiger partial charge < -0.3 is 5.73 Å². The number of hydrogen-bond donors (Lipinski definition) is 1. The van der Waals surface area contributed by atoms with Crippen molar-refractivity contribution >= 4 is 0 Å². The average Bonchev–Trinajstić information content (AvgIpc) is 2.34. The van der Waals surface area contributed by atoms with Crippen LogP contribution in [0.25, 0.3) is 0 Å². The van der Waals surface area contributed by atoms with Gasteiger partial charge in [0.05, 0.1) is 12.6 Å². The van der Waals surface area contributed by atoms with E-state index >= 15 is 0 Å². The number of quaternary nitrogens is 1. The Labute approximate surface area is 60.8 Å². The van der Waals surface area contributed by atoms with Crippen LogP contribution in [0.15, 0.2) is 12.3 Å². The fourth-order valence-electron chi connectivity index (χ4n) is 0.964. The molecule has 0 aromatic carbocycles.